The van der Waals surface area contributed by atoms with Gasteiger partial charge in [0.25, 0.3) is 0 Å². The highest BCUT2D eigenvalue weighted by atomic mass is 35.5. The van der Waals surface area contributed by atoms with Crippen LogP contribution in [0.2, 0.25) is 5.02 Å². The Bertz CT molecular complexity index is 392. The maximum atomic E-state index is 6.12. The molecule has 0 radical (unpaired) electrons. The van der Waals surface area contributed by atoms with Crippen LogP contribution >= 0.6 is 11.6 Å². The quantitative estimate of drug-likeness (QED) is 0.874. The molecule has 17 heavy (non-hydrogen) atoms. The highest BCUT2D eigenvalue weighted by Crippen LogP contribution is 2.33. The third-order valence-electron chi connectivity index (χ3n) is 3.37. The summed E-state index contributed by atoms with van der Waals surface area (Å²) in [5, 5.41) is 0.823. The van der Waals surface area contributed by atoms with E-state index in [2.05, 4.69) is 6.92 Å². The molecule has 1 aromatic carbocycles. The van der Waals surface area contributed by atoms with Crippen molar-refractivity contribution in [1.29, 1.82) is 0 Å². The smallest absolute Gasteiger partial charge is 0.125 e. The van der Waals surface area contributed by atoms with Gasteiger partial charge in [-0.3, -0.25) is 0 Å². The Labute approximate surface area is 108 Å². The van der Waals surface area contributed by atoms with E-state index in [0.717, 1.165) is 49.5 Å². The molecule has 0 aromatic heterocycles. The normalized spacial score (nSPS) is 15.5. The van der Waals surface area contributed by atoms with Crippen LogP contribution < -0.4 is 10.5 Å². The third kappa shape index (κ3) is 3.14. The summed E-state index contributed by atoms with van der Waals surface area (Å²) in [7, 11) is 0. The molecule has 3 heteroatoms. The number of rotatable bonds is 5. The second-order valence-electron chi connectivity index (χ2n) is 4.71. The second-order valence-corrected chi connectivity index (χ2v) is 5.15. The van der Waals surface area contributed by atoms with Crippen LogP contribution in [-0.2, 0) is 12.8 Å². The first-order chi connectivity index (χ1) is 8.20. The van der Waals surface area contributed by atoms with E-state index < -0.39 is 0 Å². The molecule has 1 aliphatic heterocycles. The van der Waals surface area contributed by atoms with E-state index in [-0.39, 0.29) is 0 Å². The fraction of sp³-hybridized carbons (Fsp3) is 0.571. The highest BCUT2D eigenvalue weighted by Gasteiger charge is 2.17. The molecule has 1 aromatic rings. The molecule has 2 nitrogen and oxygen atoms in total. The molecule has 1 atom stereocenters. The van der Waals surface area contributed by atoms with Crippen molar-refractivity contribution in [1.82, 2.24) is 0 Å². The van der Waals surface area contributed by atoms with E-state index >= 15 is 0 Å². The van der Waals surface area contributed by atoms with Crippen molar-refractivity contribution in [2.24, 2.45) is 5.73 Å². The lowest BCUT2D eigenvalue weighted by molar-refractivity contribution is 0.353. The number of hydrogen-bond donors (Lipinski definition) is 1. The fourth-order valence-corrected chi connectivity index (χ4v) is 2.55. The molecule has 94 valence electrons. The van der Waals surface area contributed by atoms with Crippen LogP contribution in [-0.4, -0.2) is 12.6 Å². The van der Waals surface area contributed by atoms with Crippen molar-refractivity contribution in [2.45, 2.75) is 45.1 Å². The first-order valence-corrected chi connectivity index (χ1v) is 6.78. The molecule has 0 fully saturated rings. The van der Waals surface area contributed by atoms with Crippen LogP contribution in [0.1, 0.15) is 37.3 Å². The summed E-state index contributed by atoms with van der Waals surface area (Å²) in [5.41, 5.74) is 8.42. The van der Waals surface area contributed by atoms with Crippen molar-refractivity contribution >= 4 is 11.6 Å². The number of nitrogens with two attached hydrogens (primary N) is 1. The largest absolute Gasteiger partial charge is 0.493 e. The molecule has 0 amide bonds. The van der Waals surface area contributed by atoms with Gasteiger partial charge in [0.1, 0.15) is 5.75 Å². The van der Waals surface area contributed by atoms with E-state index in [0.29, 0.717) is 6.04 Å². The van der Waals surface area contributed by atoms with Gasteiger partial charge >= 0.3 is 0 Å². The van der Waals surface area contributed by atoms with Gasteiger partial charge < -0.3 is 10.5 Å². The summed E-state index contributed by atoms with van der Waals surface area (Å²) in [5.74, 6) is 1.07. The highest BCUT2D eigenvalue weighted by molar-refractivity contribution is 6.30. The van der Waals surface area contributed by atoms with Crippen LogP contribution in [0.3, 0.4) is 0 Å². The Morgan fingerprint density at radius 3 is 3.06 bits per heavy atom. The van der Waals surface area contributed by atoms with Gasteiger partial charge in [-0.2, -0.15) is 0 Å². The van der Waals surface area contributed by atoms with Crippen LogP contribution in [0.25, 0.3) is 0 Å². The summed E-state index contributed by atoms with van der Waals surface area (Å²) in [6.45, 7) is 2.92. The summed E-state index contributed by atoms with van der Waals surface area (Å²) in [4.78, 5) is 0. The molecule has 0 saturated heterocycles. The molecule has 0 aliphatic carbocycles. The molecular weight excluding hydrogens is 234 g/mol. The number of hydrogen-bond acceptors (Lipinski definition) is 2. The minimum atomic E-state index is 0.322. The van der Waals surface area contributed by atoms with Crippen molar-refractivity contribution in [3.8, 4) is 5.75 Å². The first-order valence-electron chi connectivity index (χ1n) is 6.40. The maximum absolute atomic E-state index is 6.12. The molecular formula is C14H20ClNO. The van der Waals surface area contributed by atoms with Crippen LogP contribution in [0.5, 0.6) is 5.75 Å². The minimum absolute atomic E-state index is 0.322. The van der Waals surface area contributed by atoms with E-state index in [1.165, 1.54) is 11.1 Å². The molecule has 0 spiro atoms. The molecule has 2 N–H and O–H groups in total. The van der Waals surface area contributed by atoms with Crippen LogP contribution in [0, 0.1) is 0 Å². The number of ether oxygens (including phenoxy) is 1. The van der Waals surface area contributed by atoms with E-state index in [4.69, 9.17) is 22.1 Å². The Hall–Kier alpha value is -0.730. The van der Waals surface area contributed by atoms with Gasteiger partial charge in [-0.25, -0.2) is 0 Å². The second kappa shape index (κ2) is 5.74. The molecule has 2 rings (SSSR count). The zero-order valence-electron chi connectivity index (χ0n) is 10.3. The summed E-state index contributed by atoms with van der Waals surface area (Å²) in [6, 6.07) is 4.37. The van der Waals surface area contributed by atoms with E-state index in [9.17, 15) is 0 Å². The molecule has 0 bridgehead atoms. The number of benzene rings is 1. The van der Waals surface area contributed by atoms with Crippen molar-refractivity contribution < 1.29 is 4.74 Å². The Balaban J connectivity index is 2.01. The minimum Gasteiger partial charge on any atom is -0.493 e. The van der Waals surface area contributed by atoms with Gasteiger partial charge in [-0.15, -0.1) is 0 Å². The third-order valence-corrected chi connectivity index (χ3v) is 3.59. The SMILES string of the molecule is CCC(N)CCCc1cc(Cl)cc2c1OCC2. The summed E-state index contributed by atoms with van der Waals surface area (Å²) >= 11 is 6.12. The average Bonchev–Trinajstić information content (AvgIpc) is 2.76. The zero-order valence-corrected chi connectivity index (χ0v) is 11.1. The van der Waals surface area contributed by atoms with E-state index in [1.807, 2.05) is 12.1 Å². The van der Waals surface area contributed by atoms with Crippen molar-refractivity contribution in [2.75, 3.05) is 6.61 Å². The van der Waals surface area contributed by atoms with Gasteiger partial charge in [0.05, 0.1) is 6.61 Å². The van der Waals surface area contributed by atoms with Gasteiger partial charge in [-0.1, -0.05) is 18.5 Å². The maximum Gasteiger partial charge on any atom is 0.125 e. The number of halogens is 1. The lowest BCUT2D eigenvalue weighted by atomic mass is 10.0. The monoisotopic (exact) mass is 253 g/mol. The van der Waals surface area contributed by atoms with Gasteiger partial charge in [-0.05, 0) is 48.9 Å². The predicted molar refractivity (Wildman–Crippen MR) is 71.9 cm³/mol. The summed E-state index contributed by atoms with van der Waals surface area (Å²) < 4.78 is 5.68. The molecule has 1 aliphatic rings. The molecule has 1 heterocycles. The Morgan fingerprint density at radius 1 is 1.47 bits per heavy atom. The standard InChI is InChI=1S/C14H20ClNO/c1-2-13(16)5-3-4-10-8-12(15)9-11-6-7-17-14(10)11/h8-9,13H,2-7,16H2,1H3. The van der Waals surface area contributed by atoms with Crippen molar-refractivity contribution in [3.05, 3.63) is 28.3 Å². The first kappa shape index (κ1) is 12.7. The topological polar surface area (TPSA) is 35.2 Å². The summed E-state index contributed by atoms with van der Waals surface area (Å²) in [6.07, 6.45) is 5.21. The van der Waals surface area contributed by atoms with Crippen LogP contribution in [0.15, 0.2) is 12.1 Å². The van der Waals surface area contributed by atoms with Crippen molar-refractivity contribution in [3.63, 3.8) is 0 Å². The lowest BCUT2D eigenvalue weighted by Crippen LogP contribution is -2.18. The predicted octanol–water partition coefficient (Wildman–Crippen LogP) is 3.33. The zero-order chi connectivity index (χ0) is 12.3. The molecule has 1 unspecified atom stereocenters. The van der Waals surface area contributed by atoms with Crippen LogP contribution in [0.4, 0.5) is 0 Å². The number of fused-ring (bicyclic) bond motifs is 1. The lowest BCUT2D eigenvalue weighted by Gasteiger charge is -2.11. The number of aryl methyl sites for hydroxylation is 1. The van der Waals surface area contributed by atoms with E-state index in [1.54, 1.807) is 0 Å². The van der Waals surface area contributed by atoms with Gasteiger partial charge in [0, 0.05) is 17.5 Å². The van der Waals surface area contributed by atoms with Gasteiger partial charge in [0.2, 0.25) is 0 Å². The Morgan fingerprint density at radius 2 is 2.29 bits per heavy atom. The van der Waals surface area contributed by atoms with Gasteiger partial charge in [0.15, 0.2) is 0 Å². The molecule has 0 saturated carbocycles. The average molecular weight is 254 g/mol. The Kier molecular flexibility index (Phi) is 4.30. The fourth-order valence-electron chi connectivity index (χ4n) is 2.29.